The number of carbonyl (C=O) groups excluding carboxylic acids is 1. The Kier molecular flexibility index (Phi) is 5.08. The average molecular weight is 298 g/mol. The van der Waals surface area contributed by atoms with Crippen LogP contribution in [0.15, 0.2) is 5.38 Å². The lowest BCUT2D eigenvalue weighted by Gasteiger charge is -2.11. The number of ether oxygens (including phenoxy) is 1. The van der Waals surface area contributed by atoms with Gasteiger partial charge in [0.15, 0.2) is 0 Å². The van der Waals surface area contributed by atoms with E-state index in [9.17, 15) is 9.59 Å². The lowest BCUT2D eigenvalue weighted by atomic mass is 10.2. The van der Waals surface area contributed by atoms with Crippen molar-refractivity contribution >= 4 is 23.2 Å². The lowest BCUT2D eigenvalue weighted by molar-refractivity contribution is -0.137. The first-order chi connectivity index (χ1) is 9.56. The standard InChI is InChI=1S/C13H18N2O4S/c1-8(4-5-11(16)17)14-12(18)9-7-20-13(15-9)10-3-2-6-19-10/h7-8,10H,2-6H2,1H3,(H,14,18)(H,16,17). The van der Waals surface area contributed by atoms with Crippen molar-refractivity contribution in [2.24, 2.45) is 0 Å². The van der Waals surface area contributed by atoms with Crippen LogP contribution < -0.4 is 5.32 Å². The van der Waals surface area contributed by atoms with Gasteiger partial charge in [0.2, 0.25) is 0 Å². The van der Waals surface area contributed by atoms with E-state index in [4.69, 9.17) is 9.84 Å². The molecule has 2 unspecified atom stereocenters. The predicted molar refractivity (Wildman–Crippen MR) is 73.8 cm³/mol. The number of amides is 1. The van der Waals surface area contributed by atoms with Crippen molar-refractivity contribution < 1.29 is 19.4 Å². The van der Waals surface area contributed by atoms with Crippen molar-refractivity contribution in [1.29, 1.82) is 0 Å². The largest absolute Gasteiger partial charge is 0.481 e. The Balaban J connectivity index is 1.87. The molecule has 2 heterocycles. The fourth-order valence-corrected chi connectivity index (χ4v) is 2.90. The predicted octanol–water partition coefficient (Wildman–Crippen LogP) is 1.98. The molecule has 20 heavy (non-hydrogen) atoms. The zero-order chi connectivity index (χ0) is 14.5. The second-order valence-corrected chi connectivity index (χ2v) is 5.77. The van der Waals surface area contributed by atoms with Crippen molar-refractivity contribution in [3.63, 3.8) is 0 Å². The molecule has 1 aliphatic heterocycles. The third-order valence-electron chi connectivity index (χ3n) is 3.13. The smallest absolute Gasteiger partial charge is 0.303 e. The number of carboxylic acids is 1. The molecule has 0 saturated carbocycles. The first kappa shape index (κ1) is 14.9. The van der Waals surface area contributed by atoms with Crippen molar-refractivity contribution in [2.75, 3.05) is 6.61 Å². The molecule has 1 aromatic heterocycles. The fraction of sp³-hybridized carbons (Fsp3) is 0.615. The summed E-state index contributed by atoms with van der Waals surface area (Å²) >= 11 is 1.43. The third kappa shape index (κ3) is 4.01. The van der Waals surface area contributed by atoms with Gasteiger partial charge in [-0.2, -0.15) is 0 Å². The van der Waals surface area contributed by atoms with Crippen LogP contribution in [-0.4, -0.2) is 34.6 Å². The normalized spacial score (nSPS) is 19.8. The van der Waals surface area contributed by atoms with Crippen LogP contribution in [0.2, 0.25) is 0 Å². The second-order valence-electron chi connectivity index (χ2n) is 4.88. The minimum atomic E-state index is -0.861. The topological polar surface area (TPSA) is 88.5 Å². The van der Waals surface area contributed by atoms with E-state index in [0.717, 1.165) is 24.5 Å². The second kappa shape index (κ2) is 6.81. The Morgan fingerprint density at radius 3 is 3.10 bits per heavy atom. The minimum Gasteiger partial charge on any atom is -0.481 e. The molecule has 0 spiro atoms. The average Bonchev–Trinajstić information content (AvgIpc) is 3.06. The van der Waals surface area contributed by atoms with Crippen molar-refractivity contribution in [3.05, 3.63) is 16.1 Å². The van der Waals surface area contributed by atoms with Crippen molar-refractivity contribution in [1.82, 2.24) is 10.3 Å². The van der Waals surface area contributed by atoms with Gasteiger partial charge < -0.3 is 15.2 Å². The summed E-state index contributed by atoms with van der Waals surface area (Å²) < 4.78 is 5.53. The quantitative estimate of drug-likeness (QED) is 0.838. The van der Waals surface area contributed by atoms with E-state index in [1.165, 1.54) is 11.3 Å². The van der Waals surface area contributed by atoms with Crippen LogP contribution in [0.5, 0.6) is 0 Å². The molecule has 1 aromatic rings. The number of carboxylic acid groups (broad SMARTS) is 1. The highest BCUT2D eigenvalue weighted by Crippen LogP contribution is 2.30. The Hall–Kier alpha value is -1.47. The molecule has 1 fully saturated rings. The summed E-state index contributed by atoms with van der Waals surface area (Å²) in [6.07, 6.45) is 2.44. The maximum absolute atomic E-state index is 12.0. The summed E-state index contributed by atoms with van der Waals surface area (Å²) in [6, 6.07) is -0.188. The Labute approximate surface area is 121 Å². The molecule has 1 saturated heterocycles. The van der Waals surface area contributed by atoms with Crippen LogP contribution in [0.4, 0.5) is 0 Å². The molecule has 0 aliphatic carbocycles. The van der Waals surface area contributed by atoms with Gasteiger partial charge in [0, 0.05) is 24.4 Å². The first-order valence-electron chi connectivity index (χ1n) is 6.66. The number of hydrogen-bond acceptors (Lipinski definition) is 5. The molecule has 0 bridgehead atoms. The summed E-state index contributed by atoms with van der Waals surface area (Å²) in [5, 5.41) is 13.9. The van der Waals surface area contributed by atoms with E-state index >= 15 is 0 Å². The SMILES string of the molecule is CC(CCC(=O)O)NC(=O)c1csc(C2CCCO2)n1. The first-order valence-corrected chi connectivity index (χ1v) is 7.54. The lowest BCUT2D eigenvalue weighted by Crippen LogP contribution is -2.33. The van der Waals surface area contributed by atoms with Crippen molar-refractivity contribution in [2.45, 2.75) is 44.8 Å². The van der Waals surface area contributed by atoms with Gasteiger partial charge in [-0.15, -0.1) is 11.3 Å². The summed E-state index contributed by atoms with van der Waals surface area (Å²) in [4.78, 5) is 26.8. The number of carbonyl (C=O) groups is 2. The number of aliphatic carboxylic acids is 1. The van der Waals surface area contributed by atoms with Gasteiger partial charge in [0.1, 0.15) is 16.8 Å². The van der Waals surface area contributed by atoms with Gasteiger partial charge in [-0.1, -0.05) is 0 Å². The number of thiazole rings is 1. The number of nitrogens with one attached hydrogen (secondary N) is 1. The fourth-order valence-electron chi connectivity index (χ4n) is 2.02. The number of aromatic nitrogens is 1. The zero-order valence-corrected chi connectivity index (χ0v) is 12.1. The molecule has 0 aromatic carbocycles. The highest BCUT2D eigenvalue weighted by Gasteiger charge is 2.22. The van der Waals surface area contributed by atoms with Crippen molar-refractivity contribution in [3.8, 4) is 0 Å². The van der Waals surface area contributed by atoms with Crippen LogP contribution >= 0.6 is 11.3 Å². The van der Waals surface area contributed by atoms with Crippen LogP contribution in [0.25, 0.3) is 0 Å². The Bertz CT molecular complexity index is 482. The van der Waals surface area contributed by atoms with E-state index in [2.05, 4.69) is 10.3 Å². The number of nitrogens with zero attached hydrogens (tertiary/aromatic N) is 1. The maximum Gasteiger partial charge on any atom is 0.303 e. The maximum atomic E-state index is 12.0. The highest BCUT2D eigenvalue weighted by molar-refractivity contribution is 7.09. The number of rotatable bonds is 6. The minimum absolute atomic E-state index is 0.0194. The van der Waals surface area contributed by atoms with Gasteiger partial charge in [-0.25, -0.2) is 4.98 Å². The van der Waals surface area contributed by atoms with Gasteiger partial charge in [-0.3, -0.25) is 9.59 Å². The molecule has 2 atom stereocenters. The van der Waals surface area contributed by atoms with Crippen LogP contribution in [-0.2, 0) is 9.53 Å². The molecular weight excluding hydrogens is 280 g/mol. The monoisotopic (exact) mass is 298 g/mol. The van der Waals surface area contributed by atoms with Crippen LogP contribution in [0, 0.1) is 0 Å². The highest BCUT2D eigenvalue weighted by atomic mass is 32.1. The van der Waals surface area contributed by atoms with Gasteiger partial charge in [0.05, 0.1) is 0 Å². The summed E-state index contributed by atoms with van der Waals surface area (Å²) in [5.74, 6) is -1.12. The molecule has 1 amide bonds. The summed E-state index contributed by atoms with van der Waals surface area (Å²) in [6.45, 7) is 2.53. The molecule has 110 valence electrons. The molecule has 2 N–H and O–H groups in total. The Morgan fingerprint density at radius 2 is 2.45 bits per heavy atom. The molecule has 6 nitrogen and oxygen atoms in total. The molecule has 1 aliphatic rings. The van der Waals surface area contributed by atoms with E-state index in [0.29, 0.717) is 12.1 Å². The van der Waals surface area contributed by atoms with Gasteiger partial charge in [0.25, 0.3) is 5.91 Å². The van der Waals surface area contributed by atoms with Crippen LogP contribution in [0.3, 0.4) is 0 Å². The van der Waals surface area contributed by atoms with E-state index in [1.54, 1.807) is 12.3 Å². The van der Waals surface area contributed by atoms with Crippen LogP contribution in [0.1, 0.15) is 54.2 Å². The number of hydrogen-bond donors (Lipinski definition) is 2. The molecule has 0 radical (unpaired) electrons. The van der Waals surface area contributed by atoms with E-state index in [-0.39, 0.29) is 24.5 Å². The molecule has 7 heteroatoms. The van der Waals surface area contributed by atoms with E-state index < -0.39 is 5.97 Å². The summed E-state index contributed by atoms with van der Waals surface area (Å²) in [5.41, 5.74) is 0.377. The molecular formula is C13H18N2O4S. The zero-order valence-electron chi connectivity index (χ0n) is 11.3. The third-order valence-corrected chi connectivity index (χ3v) is 4.07. The van der Waals surface area contributed by atoms with E-state index in [1.807, 2.05) is 0 Å². The van der Waals surface area contributed by atoms with Gasteiger partial charge in [-0.05, 0) is 26.2 Å². The molecule has 2 rings (SSSR count). The Morgan fingerprint density at radius 1 is 1.65 bits per heavy atom. The van der Waals surface area contributed by atoms with Gasteiger partial charge >= 0.3 is 5.97 Å². The summed E-state index contributed by atoms with van der Waals surface area (Å²) in [7, 11) is 0.